The fourth-order valence-corrected chi connectivity index (χ4v) is 13.8. The van der Waals surface area contributed by atoms with Gasteiger partial charge in [-0.15, -0.1) is 0 Å². The summed E-state index contributed by atoms with van der Waals surface area (Å²) in [5.74, 6) is 1.79. The van der Waals surface area contributed by atoms with Crippen molar-refractivity contribution >= 4 is 161 Å². The third kappa shape index (κ3) is 11.6. The van der Waals surface area contributed by atoms with Gasteiger partial charge in [0, 0.05) is 78.1 Å². The fourth-order valence-electron chi connectivity index (χ4n) is 13.4. The molecule has 5 N–H and O–H groups in total. The Morgan fingerprint density at radius 1 is 0.374 bits per heavy atom. The number of nitrogens with two attached hydrogens (primary N) is 2. The molecule has 8 heterocycles. The number of imidazole rings is 2. The van der Waals surface area contributed by atoms with Gasteiger partial charge in [0.15, 0.2) is 0 Å². The van der Waals surface area contributed by atoms with Gasteiger partial charge in [-0.1, -0.05) is 157 Å². The maximum Gasteiger partial charge on any atom is 0.146 e. The largest absolute Gasteiger partial charge is 0.497 e. The molecule has 0 aliphatic rings. The zero-order chi connectivity index (χ0) is 66.9. The number of halogens is 2. The maximum atomic E-state index is 5.59. The van der Waals surface area contributed by atoms with Crippen LogP contribution in [0.5, 0.6) is 5.75 Å². The van der Waals surface area contributed by atoms with E-state index < -0.39 is 0 Å². The highest BCUT2D eigenvalue weighted by Crippen LogP contribution is 2.41. The van der Waals surface area contributed by atoms with Crippen molar-refractivity contribution in [1.29, 1.82) is 0 Å². The molecule has 0 bridgehead atoms. The summed E-state index contributed by atoms with van der Waals surface area (Å²) in [6, 6.07) is 106. The molecule has 0 aliphatic carbocycles. The van der Waals surface area contributed by atoms with Gasteiger partial charge in [-0.05, 0) is 186 Å². The molecule has 0 atom stereocenters. The first-order valence-electron chi connectivity index (χ1n) is 32.3. The standard InChI is InChI=1S/C30H18N4.C25H17N3.C19H15NO.C6H8N2.C5H3ClIN/c1-2-9-19(10-3-1)33-25-13-6-4-11-20(25)21-17-23-22(18-28(21)33)29-27(15-8-16-31-29)34-26-14-7-5-12-24(26)32-30(23)34;1-2-8-18(9-3-1)28-23-13-7-4-10-19(23)20-16-17(14-15-24(20)28)25-26-21-11-5-6-12-22(21)27-25;1-21-15-11-12-19-17(13-15)16-9-5-6-10-18(16)20(19)14-7-3-2-4-8-14;7-5-3-1-2-4-6(5)8;6-5-4(7)2-1-3-8-5/h1-18H;1-16H,(H,26,27);2-13H,1H3;1-4H,7-8H2;1-3H. The number of fused-ring (bicyclic) bond motifs is 18. The second-order valence-corrected chi connectivity index (χ2v) is 25.3. The Kier molecular flexibility index (Phi) is 16.6. The molecule has 0 saturated heterocycles. The lowest BCUT2D eigenvalue weighted by molar-refractivity contribution is 0.415. The van der Waals surface area contributed by atoms with E-state index in [9.17, 15) is 0 Å². The third-order valence-electron chi connectivity index (χ3n) is 17.9. The van der Waals surface area contributed by atoms with Gasteiger partial charge in [-0.3, -0.25) is 9.38 Å². The molecule has 12 aromatic carbocycles. The van der Waals surface area contributed by atoms with Crippen LogP contribution in [-0.4, -0.2) is 50.1 Å². The number of ether oxygens (including phenoxy) is 1. The quantitative estimate of drug-likeness (QED) is 0.0673. The number of pyridine rings is 3. The van der Waals surface area contributed by atoms with E-state index in [2.05, 4.69) is 281 Å². The number of methoxy groups -OCH3 is 1. The Bertz CT molecular complexity index is 6240. The maximum absolute atomic E-state index is 5.59. The van der Waals surface area contributed by atoms with E-state index >= 15 is 0 Å². The summed E-state index contributed by atoms with van der Waals surface area (Å²) < 4.78 is 15.6. The smallest absolute Gasteiger partial charge is 0.146 e. The lowest BCUT2D eigenvalue weighted by atomic mass is 10.1. The molecule has 14 heteroatoms. The van der Waals surface area contributed by atoms with E-state index in [-0.39, 0.29) is 0 Å². The molecule has 0 saturated carbocycles. The molecule has 20 aromatic rings. The van der Waals surface area contributed by atoms with E-state index in [1.54, 1.807) is 25.4 Å². The second-order valence-electron chi connectivity index (χ2n) is 23.7. The summed E-state index contributed by atoms with van der Waals surface area (Å²) in [6.07, 6.45) is 3.55. The summed E-state index contributed by atoms with van der Waals surface area (Å²) in [7, 11) is 1.71. The van der Waals surface area contributed by atoms with Crippen molar-refractivity contribution in [1.82, 2.24) is 43.0 Å². The van der Waals surface area contributed by atoms with Gasteiger partial charge >= 0.3 is 0 Å². The lowest BCUT2D eigenvalue weighted by Gasteiger charge is -2.11. The van der Waals surface area contributed by atoms with E-state index in [0.717, 1.165) is 75.9 Å². The summed E-state index contributed by atoms with van der Waals surface area (Å²) in [5, 5.41) is 10.2. The molecule has 0 radical (unpaired) electrons. The Labute approximate surface area is 587 Å². The summed E-state index contributed by atoms with van der Waals surface area (Å²) in [4.78, 5) is 22.0. The van der Waals surface area contributed by atoms with Crippen molar-refractivity contribution in [3.8, 4) is 34.2 Å². The van der Waals surface area contributed by atoms with Gasteiger partial charge in [0.2, 0.25) is 0 Å². The number of rotatable bonds is 5. The highest BCUT2D eigenvalue weighted by atomic mass is 127. The number of H-pyrrole nitrogens is 1. The van der Waals surface area contributed by atoms with Gasteiger partial charge in [0.05, 0.1) is 88.3 Å². The molecule has 12 nitrogen and oxygen atoms in total. The predicted molar refractivity (Wildman–Crippen MR) is 420 cm³/mol. The Morgan fingerprint density at radius 2 is 0.838 bits per heavy atom. The van der Waals surface area contributed by atoms with Crippen LogP contribution in [-0.2, 0) is 0 Å². The first-order chi connectivity index (χ1) is 48.8. The minimum atomic E-state index is 0.577. The van der Waals surface area contributed by atoms with Crippen LogP contribution >= 0.6 is 34.2 Å². The van der Waals surface area contributed by atoms with Crippen LogP contribution in [0.3, 0.4) is 0 Å². The van der Waals surface area contributed by atoms with Crippen molar-refractivity contribution in [3.63, 3.8) is 0 Å². The van der Waals surface area contributed by atoms with Gasteiger partial charge in [0.1, 0.15) is 22.4 Å². The van der Waals surface area contributed by atoms with E-state index in [4.69, 9.17) is 42.8 Å². The average molecular weight is 1410 g/mol. The number of para-hydroxylation sites is 12. The van der Waals surface area contributed by atoms with Crippen LogP contribution in [0.15, 0.2) is 322 Å². The zero-order valence-corrected chi connectivity index (χ0v) is 56.4. The van der Waals surface area contributed by atoms with Gasteiger partial charge < -0.3 is 34.9 Å². The van der Waals surface area contributed by atoms with Crippen LogP contribution in [0.1, 0.15) is 0 Å². The van der Waals surface area contributed by atoms with Crippen LogP contribution in [0, 0.1) is 3.57 Å². The number of hydrogen-bond donors (Lipinski definition) is 3. The molecule has 0 unspecified atom stereocenters. The minimum absolute atomic E-state index is 0.577. The summed E-state index contributed by atoms with van der Waals surface area (Å²) >= 11 is 7.72. The molecule has 0 amide bonds. The molecule has 0 aliphatic heterocycles. The number of nitrogens with one attached hydrogen (secondary N) is 1. The SMILES string of the molecule is COc1ccc2c(c1)c1ccccc1n2-c1ccccc1.Clc1ncccc1I.Nc1ccccc1N.c1ccc(-n2c3ccccc3c3cc(-c4nc5ccccc5[nH]4)ccc32)cc1.c1ccc(-n2c3ccccc3c3cc4c(cc32)c2ncccc2n2c3ccccc3nc42)cc1. The number of hydrogen-bond acceptors (Lipinski definition) is 7. The molecule has 20 rings (SSSR count). The van der Waals surface area contributed by atoms with Crippen molar-refractivity contribution < 1.29 is 4.74 Å². The van der Waals surface area contributed by atoms with Crippen LogP contribution in [0.2, 0.25) is 5.15 Å². The van der Waals surface area contributed by atoms with Crippen LogP contribution in [0.4, 0.5) is 11.4 Å². The normalized spacial score (nSPS) is 11.3. The summed E-state index contributed by atoms with van der Waals surface area (Å²) in [6.45, 7) is 0. The zero-order valence-electron chi connectivity index (χ0n) is 53.5. The number of benzene rings is 12. The van der Waals surface area contributed by atoms with Crippen molar-refractivity contribution in [3.05, 3.63) is 331 Å². The number of nitrogen functional groups attached to an aromatic ring is 2. The van der Waals surface area contributed by atoms with Gasteiger partial charge in [-0.2, -0.15) is 0 Å². The topological polar surface area (TPSA) is 148 Å². The molecule has 99 heavy (non-hydrogen) atoms. The first-order valence-corrected chi connectivity index (χ1v) is 33.8. The molecule has 0 spiro atoms. The molecule has 0 fully saturated rings. The number of aromatic amines is 1. The van der Waals surface area contributed by atoms with Crippen molar-refractivity contribution in [2.45, 2.75) is 0 Å². The van der Waals surface area contributed by atoms with E-state index in [1.165, 1.54) is 76.8 Å². The molecular weight excluding hydrogens is 1350 g/mol. The lowest BCUT2D eigenvalue weighted by Crippen LogP contribution is -1.95. The number of aromatic nitrogens is 9. The molecule has 8 aromatic heterocycles. The van der Waals surface area contributed by atoms with Gasteiger partial charge in [-0.25, -0.2) is 15.0 Å². The third-order valence-corrected chi connectivity index (χ3v) is 19.4. The van der Waals surface area contributed by atoms with Crippen LogP contribution in [0.25, 0.3) is 143 Å². The first kappa shape index (κ1) is 61.6. The van der Waals surface area contributed by atoms with E-state index in [0.29, 0.717) is 16.5 Å². The van der Waals surface area contributed by atoms with Crippen molar-refractivity contribution in [2.24, 2.45) is 0 Å². The van der Waals surface area contributed by atoms with Crippen molar-refractivity contribution in [2.75, 3.05) is 18.6 Å². The van der Waals surface area contributed by atoms with Crippen LogP contribution < -0.4 is 16.2 Å². The Balaban J connectivity index is 0.000000106. The number of nitrogens with zero attached hydrogens (tertiary/aromatic N) is 8. The van der Waals surface area contributed by atoms with E-state index in [1.807, 2.05) is 72.9 Å². The monoisotopic (exact) mass is 1410 g/mol. The number of anilines is 2. The summed E-state index contributed by atoms with van der Waals surface area (Å²) in [5.41, 5.74) is 31.0. The van der Waals surface area contributed by atoms with Gasteiger partial charge in [0.25, 0.3) is 0 Å². The predicted octanol–water partition coefficient (Wildman–Crippen LogP) is 21.6. The average Bonchev–Trinajstić information content (AvgIpc) is 1.58. The molecular formula is C85H61ClIN11O. The Hall–Kier alpha value is -12.3. The highest BCUT2D eigenvalue weighted by Gasteiger charge is 2.20. The molecule has 476 valence electrons. The minimum Gasteiger partial charge on any atom is -0.497 e. The highest BCUT2D eigenvalue weighted by molar-refractivity contribution is 14.1. The fraction of sp³-hybridized carbons (Fsp3) is 0.0118. The second kappa shape index (κ2) is 26.7. The Morgan fingerprint density at radius 3 is 1.39 bits per heavy atom.